The van der Waals surface area contributed by atoms with Gasteiger partial charge in [0.1, 0.15) is 0 Å². The second-order valence-electron chi connectivity index (χ2n) is 5.25. The van der Waals surface area contributed by atoms with Gasteiger partial charge in [-0.15, -0.1) is 0 Å². The second-order valence-corrected chi connectivity index (χ2v) is 5.66. The van der Waals surface area contributed by atoms with E-state index in [1.54, 1.807) is 12.1 Å². The number of nitrogens with one attached hydrogen (secondary N) is 3. The number of rotatable bonds is 4. The van der Waals surface area contributed by atoms with Gasteiger partial charge in [0.15, 0.2) is 0 Å². The quantitative estimate of drug-likeness (QED) is 0.795. The van der Waals surface area contributed by atoms with E-state index in [-0.39, 0.29) is 24.4 Å². The van der Waals surface area contributed by atoms with Gasteiger partial charge >= 0.3 is 0 Å². The lowest BCUT2D eigenvalue weighted by Gasteiger charge is -2.22. The summed E-state index contributed by atoms with van der Waals surface area (Å²) < 4.78 is 0. The maximum Gasteiger partial charge on any atom is 0.243 e. The third-order valence-electron chi connectivity index (χ3n) is 3.45. The highest BCUT2D eigenvalue weighted by molar-refractivity contribution is 6.33. The molecular formula is C15H20ClN3O2. The molecule has 2 amide bonds. The van der Waals surface area contributed by atoms with E-state index in [1.807, 2.05) is 13.0 Å². The van der Waals surface area contributed by atoms with Crippen LogP contribution >= 0.6 is 11.6 Å². The number of anilines is 1. The second kappa shape index (κ2) is 7.43. The number of carbonyl (C=O) groups excluding carboxylic acids is 2. The number of halogens is 1. The molecule has 21 heavy (non-hydrogen) atoms. The van der Waals surface area contributed by atoms with Crippen molar-refractivity contribution in [2.45, 2.75) is 32.2 Å². The van der Waals surface area contributed by atoms with Gasteiger partial charge in [-0.05, 0) is 44.0 Å². The summed E-state index contributed by atoms with van der Waals surface area (Å²) in [7, 11) is 0. The van der Waals surface area contributed by atoms with Crippen LogP contribution in [0, 0.1) is 6.92 Å². The topological polar surface area (TPSA) is 70.2 Å². The number of amides is 2. The Labute approximate surface area is 129 Å². The molecule has 1 aromatic rings. The molecule has 0 radical (unpaired) electrons. The Balaban J connectivity index is 1.80. The number of piperidine rings is 1. The summed E-state index contributed by atoms with van der Waals surface area (Å²) in [6.45, 7) is 2.72. The summed E-state index contributed by atoms with van der Waals surface area (Å²) in [6.07, 6.45) is 2.95. The van der Waals surface area contributed by atoms with E-state index in [9.17, 15) is 9.59 Å². The van der Waals surface area contributed by atoms with Crippen LogP contribution in [0.2, 0.25) is 5.02 Å². The van der Waals surface area contributed by atoms with Crippen LogP contribution in [-0.2, 0) is 9.59 Å². The molecule has 3 N–H and O–H groups in total. The molecule has 1 atom stereocenters. The molecule has 1 fully saturated rings. The normalized spacial score (nSPS) is 18.1. The summed E-state index contributed by atoms with van der Waals surface area (Å²) in [5.41, 5.74) is 1.58. The SMILES string of the molecule is Cc1ccc(NC(=O)CNC(=O)C2CCCCN2)c(Cl)c1. The van der Waals surface area contributed by atoms with E-state index in [2.05, 4.69) is 16.0 Å². The molecule has 1 unspecified atom stereocenters. The van der Waals surface area contributed by atoms with E-state index >= 15 is 0 Å². The van der Waals surface area contributed by atoms with Gasteiger partial charge in [0.2, 0.25) is 11.8 Å². The summed E-state index contributed by atoms with van der Waals surface area (Å²) in [5, 5.41) is 8.97. The monoisotopic (exact) mass is 309 g/mol. The van der Waals surface area contributed by atoms with Gasteiger partial charge in [0, 0.05) is 0 Å². The van der Waals surface area contributed by atoms with Crippen LogP contribution in [-0.4, -0.2) is 30.9 Å². The third kappa shape index (κ3) is 4.72. The first-order chi connectivity index (χ1) is 10.1. The molecule has 1 saturated heterocycles. The maximum atomic E-state index is 11.9. The minimum atomic E-state index is -0.287. The molecule has 2 rings (SSSR count). The fourth-order valence-electron chi connectivity index (χ4n) is 2.28. The average Bonchev–Trinajstić information content (AvgIpc) is 2.48. The number of aryl methyl sites for hydroxylation is 1. The zero-order valence-electron chi connectivity index (χ0n) is 12.0. The fraction of sp³-hybridized carbons (Fsp3) is 0.467. The van der Waals surface area contributed by atoms with Crippen molar-refractivity contribution in [1.82, 2.24) is 10.6 Å². The molecule has 0 aliphatic carbocycles. The van der Waals surface area contributed by atoms with Gasteiger partial charge in [-0.3, -0.25) is 9.59 Å². The van der Waals surface area contributed by atoms with Crippen LogP contribution in [0.15, 0.2) is 18.2 Å². The van der Waals surface area contributed by atoms with E-state index in [4.69, 9.17) is 11.6 Å². The molecule has 0 bridgehead atoms. The van der Waals surface area contributed by atoms with Gasteiger partial charge < -0.3 is 16.0 Å². The smallest absolute Gasteiger partial charge is 0.243 e. The van der Waals surface area contributed by atoms with Crippen molar-refractivity contribution in [2.75, 3.05) is 18.4 Å². The fourth-order valence-corrected chi connectivity index (χ4v) is 2.56. The number of benzene rings is 1. The molecule has 0 spiro atoms. The van der Waals surface area contributed by atoms with Crippen LogP contribution in [0.25, 0.3) is 0 Å². The van der Waals surface area contributed by atoms with Gasteiger partial charge in [0.25, 0.3) is 0 Å². The first kappa shape index (κ1) is 15.8. The Morgan fingerprint density at radius 2 is 2.19 bits per heavy atom. The summed E-state index contributed by atoms with van der Waals surface area (Å²) in [4.78, 5) is 23.7. The lowest BCUT2D eigenvalue weighted by atomic mass is 10.0. The maximum absolute atomic E-state index is 11.9. The predicted molar refractivity (Wildman–Crippen MR) is 83.5 cm³/mol. The highest BCUT2D eigenvalue weighted by Crippen LogP contribution is 2.22. The average molecular weight is 310 g/mol. The Morgan fingerprint density at radius 3 is 2.86 bits per heavy atom. The van der Waals surface area contributed by atoms with Gasteiger partial charge in [-0.25, -0.2) is 0 Å². The van der Waals surface area contributed by atoms with Gasteiger partial charge in [-0.2, -0.15) is 0 Å². The Kier molecular flexibility index (Phi) is 5.59. The minimum Gasteiger partial charge on any atom is -0.346 e. The first-order valence-corrected chi connectivity index (χ1v) is 7.51. The molecule has 5 nitrogen and oxygen atoms in total. The molecular weight excluding hydrogens is 290 g/mol. The first-order valence-electron chi connectivity index (χ1n) is 7.13. The molecule has 1 heterocycles. The molecule has 0 saturated carbocycles. The molecule has 1 aliphatic heterocycles. The van der Waals surface area contributed by atoms with Crippen molar-refractivity contribution >= 4 is 29.1 Å². The highest BCUT2D eigenvalue weighted by atomic mass is 35.5. The van der Waals surface area contributed by atoms with Crippen LogP contribution in [0.1, 0.15) is 24.8 Å². The predicted octanol–water partition coefficient (Wildman–Crippen LogP) is 1.85. The van der Waals surface area contributed by atoms with Crippen LogP contribution in [0.4, 0.5) is 5.69 Å². The number of carbonyl (C=O) groups is 2. The van der Waals surface area contributed by atoms with Crippen molar-refractivity contribution in [2.24, 2.45) is 0 Å². The van der Waals surface area contributed by atoms with Crippen molar-refractivity contribution in [3.8, 4) is 0 Å². The van der Waals surface area contributed by atoms with Crippen molar-refractivity contribution < 1.29 is 9.59 Å². The molecule has 1 aromatic carbocycles. The van der Waals surface area contributed by atoms with E-state index in [0.717, 1.165) is 31.4 Å². The highest BCUT2D eigenvalue weighted by Gasteiger charge is 2.20. The third-order valence-corrected chi connectivity index (χ3v) is 3.76. The van der Waals surface area contributed by atoms with E-state index in [1.165, 1.54) is 0 Å². The van der Waals surface area contributed by atoms with Crippen LogP contribution in [0.3, 0.4) is 0 Å². The number of hydrogen-bond donors (Lipinski definition) is 3. The largest absolute Gasteiger partial charge is 0.346 e. The standard InChI is InChI=1S/C15H20ClN3O2/c1-10-5-6-12(11(16)8-10)19-14(20)9-18-15(21)13-4-2-3-7-17-13/h5-6,8,13,17H,2-4,7,9H2,1H3,(H,18,21)(H,19,20). The molecule has 6 heteroatoms. The summed E-state index contributed by atoms with van der Waals surface area (Å²) in [6, 6.07) is 5.21. The minimum absolute atomic E-state index is 0.0543. The van der Waals surface area contributed by atoms with E-state index in [0.29, 0.717) is 10.7 Å². The molecule has 114 valence electrons. The zero-order chi connectivity index (χ0) is 15.2. The lowest BCUT2D eigenvalue weighted by Crippen LogP contribution is -2.48. The number of hydrogen-bond acceptors (Lipinski definition) is 3. The zero-order valence-corrected chi connectivity index (χ0v) is 12.8. The molecule has 1 aliphatic rings. The summed E-state index contributed by atoms with van der Waals surface area (Å²) >= 11 is 6.05. The van der Waals surface area contributed by atoms with Gasteiger partial charge in [0.05, 0.1) is 23.3 Å². The van der Waals surface area contributed by atoms with E-state index < -0.39 is 0 Å². The Morgan fingerprint density at radius 1 is 1.38 bits per heavy atom. The van der Waals surface area contributed by atoms with Gasteiger partial charge in [-0.1, -0.05) is 24.1 Å². The van der Waals surface area contributed by atoms with Crippen LogP contribution < -0.4 is 16.0 Å². The van der Waals surface area contributed by atoms with Crippen molar-refractivity contribution in [3.05, 3.63) is 28.8 Å². The lowest BCUT2D eigenvalue weighted by molar-refractivity contribution is -0.126. The van der Waals surface area contributed by atoms with Crippen molar-refractivity contribution in [3.63, 3.8) is 0 Å². The molecule has 0 aromatic heterocycles. The summed E-state index contributed by atoms with van der Waals surface area (Å²) in [5.74, 6) is -0.412. The Hall–Kier alpha value is -1.59. The van der Waals surface area contributed by atoms with Crippen molar-refractivity contribution in [1.29, 1.82) is 0 Å². The van der Waals surface area contributed by atoms with Crippen LogP contribution in [0.5, 0.6) is 0 Å². The Bertz CT molecular complexity index is 528.